The van der Waals surface area contributed by atoms with Crippen LogP contribution in [0, 0.1) is 0 Å². The molecule has 38 heavy (non-hydrogen) atoms. The molecule has 1 saturated heterocycles. The van der Waals surface area contributed by atoms with Gasteiger partial charge in [-0.1, -0.05) is 78.9 Å². The number of fused-ring (bicyclic) bond motifs is 1. The fourth-order valence-corrected chi connectivity index (χ4v) is 5.22. The molecular formula is C32H33NO5. The van der Waals surface area contributed by atoms with Crippen LogP contribution in [-0.2, 0) is 17.8 Å². The number of para-hydroxylation sites is 1. The number of methoxy groups -OCH3 is 1. The van der Waals surface area contributed by atoms with Gasteiger partial charge < -0.3 is 24.2 Å². The van der Waals surface area contributed by atoms with Crippen LogP contribution in [0.1, 0.15) is 29.0 Å². The van der Waals surface area contributed by atoms with Gasteiger partial charge in [0.1, 0.15) is 11.5 Å². The summed E-state index contributed by atoms with van der Waals surface area (Å²) in [4.78, 5) is 13.2. The van der Waals surface area contributed by atoms with Gasteiger partial charge in [0.2, 0.25) is 0 Å². The van der Waals surface area contributed by atoms with Crippen molar-refractivity contribution in [2.45, 2.75) is 31.5 Å². The second kappa shape index (κ2) is 12.0. The Morgan fingerprint density at radius 1 is 0.947 bits per heavy atom. The molecule has 1 fully saturated rings. The van der Waals surface area contributed by atoms with Crippen LogP contribution in [0.2, 0.25) is 0 Å². The summed E-state index contributed by atoms with van der Waals surface area (Å²) >= 11 is 0. The molecule has 1 amide bonds. The van der Waals surface area contributed by atoms with Gasteiger partial charge in [-0.05, 0) is 35.1 Å². The SMILES string of the molecule is COc1c(COC2CN(C(=O)O)CCC2c2ccc(CCOc3ccccc3)cc2)ccc2ccccc12. The third-order valence-corrected chi connectivity index (χ3v) is 7.26. The van der Waals surface area contributed by atoms with Crippen molar-refractivity contribution >= 4 is 16.9 Å². The van der Waals surface area contributed by atoms with Crippen LogP contribution >= 0.6 is 0 Å². The number of amides is 1. The largest absolute Gasteiger partial charge is 0.496 e. The Kier molecular flexibility index (Phi) is 8.09. The van der Waals surface area contributed by atoms with Gasteiger partial charge in [-0.25, -0.2) is 4.79 Å². The van der Waals surface area contributed by atoms with Crippen molar-refractivity contribution in [3.8, 4) is 11.5 Å². The molecule has 4 aromatic carbocycles. The van der Waals surface area contributed by atoms with Gasteiger partial charge in [0.15, 0.2) is 0 Å². The monoisotopic (exact) mass is 511 g/mol. The van der Waals surface area contributed by atoms with Crippen molar-refractivity contribution in [2.24, 2.45) is 0 Å². The Morgan fingerprint density at radius 3 is 2.47 bits per heavy atom. The number of ether oxygens (including phenoxy) is 3. The number of piperidine rings is 1. The van der Waals surface area contributed by atoms with E-state index in [1.54, 1.807) is 7.11 Å². The van der Waals surface area contributed by atoms with E-state index in [-0.39, 0.29) is 12.0 Å². The van der Waals surface area contributed by atoms with Gasteiger partial charge in [0.05, 0.1) is 33.0 Å². The summed E-state index contributed by atoms with van der Waals surface area (Å²) in [5.41, 5.74) is 3.32. The van der Waals surface area contributed by atoms with Crippen molar-refractivity contribution in [3.05, 3.63) is 108 Å². The highest BCUT2D eigenvalue weighted by atomic mass is 16.5. The minimum absolute atomic E-state index is 0.103. The van der Waals surface area contributed by atoms with Gasteiger partial charge >= 0.3 is 6.09 Å². The number of hydrogen-bond acceptors (Lipinski definition) is 4. The average Bonchev–Trinajstić information content (AvgIpc) is 2.96. The van der Waals surface area contributed by atoms with Gasteiger partial charge in [-0.3, -0.25) is 0 Å². The predicted molar refractivity (Wildman–Crippen MR) is 148 cm³/mol. The van der Waals surface area contributed by atoms with Crippen LogP contribution in [0.4, 0.5) is 4.79 Å². The molecular weight excluding hydrogens is 478 g/mol. The number of hydrogen-bond donors (Lipinski definition) is 1. The molecule has 5 rings (SSSR count). The summed E-state index contributed by atoms with van der Waals surface area (Å²) in [5.74, 6) is 1.77. The summed E-state index contributed by atoms with van der Waals surface area (Å²) < 4.78 is 18.0. The summed E-state index contributed by atoms with van der Waals surface area (Å²) in [5, 5.41) is 11.8. The van der Waals surface area contributed by atoms with E-state index < -0.39 is 6.09 Å². The van der Waals surface area contributed by atoms with Crippen LogP contribution in [0.15, 0.2) is 91.0 Å². The van der Waals surface area contributed by atoms with Crippen LogP contribution in [0.5, 0.6) is 11.5 Å². The van der Waals surface area contributed by atoms with E-state index in [4.69, 9.17) is 14.2 Å². The van der Waals surface area contributed by atoms with Crippen molar-refractivity contribution in [1.82, 2.24) is 4.90 Å². The van der Waals surface area contributed by atoms with E-state index in [0.717, 1.165) is 34.3 Å². The van der Waals surface area contributed by atoms with Crippen LogP contribution in [0.25, 0.3) is 10.8 Å². The second-order valence-corrected chi connectivity index (χ2v) is 9.61. The molecule has 0 aromatic heterocycles. The number of rotatable bonds is 9. The molecule has 0 bridgehead atoms. The van der Waals surface area contributed by atoms with Crippen LogP contribution in [-0.4, -0.2) is 49.0 Å². The van der Waals surface area contributed by atoms with E-state index in [2.05, 4.69) is 36.4 Å². The lowest BCUT2D eigenvalue weighted by Gasteiger charge is -2.37. The molecule has 2 atom stereocenters. The minimum Gasteiger partial charge on any atom is -0.496 e. The summed E-state index contributed by atoms with van der Waals surface area (Å²) in [6.45, 7) is 1.78. The predicted octanol–water partition coefficient (Wildman–Crippen LogP) is 6.52. The summed E-state index contributed by atoms with van der Waals surface area (Å²) in [6.07, 6.45) is 0.355. The summed E-state index contributed by atoms with van der Waals surface area (Å²) in [7, 11) is 1.67. The lowest BCUT2D eigenvalue weighted by atomic mass is 9.86. The smallest absolute Gasteiger partial charge is 0.407 e. The first-order valence-corrected chi connectivity index (χ1v) is 13.0. The molecule has 0 radical (unpaired) electrons. The van der Waals surface area contributed by atoms with Gasteiger partial charge in [-0.15, -0.1) is 0 Å². The molecule has 4 aromatic rings. The van der Waals surface area contributed by atoms with Crippen LogP contribution in [0.3, 0.4) is 0 Å². The highest BCUT2D eigenvalue weighted by molar-refractivity contribution is 5.89. The molecule has 2 unspecified atom stereocenters. The number of carbonyl (C=O) groups is 1. The average molecular weight is 512 g/mol. The lowest BCUT2D eigenvalue weighted by Crippen LogP contribution is -2.46. The Hall–Kier alpha value is -4.03. The minimum atomic E-state index is -0.908. The van der Waals surface area contributed by atoms with Gasteiger partial charge in [0.25, 0.3) is 0 Å². The van der Waals surface area contributed by atoms with Gasteiger partial charge in [-0.2, -0.15) is 0 Å². The first kappa shape index (κ1) is 25.6. The molecule has 0 aliphatic carbocycles. The van der Waals surface area contributed by atoms with Crippen LogP contribution < -0.4 is 9.47 Å². The zero-order valence-electron chi connectivity index (χ0n) is 21.6. The Balaban J connectivity index is 1.28. The van der Waals surface area contributed by atoms with E-state index >= 15 is 0 Å². The fraction of sp³-hybridized carbons (Fsp3) is 0.281. The van der Waals surface area contributed by atoms with E-state index in [9.17, 15) is 9.90 Å². The number of nitrogens with zero attached hydrogens (tertiary/aromatic N) is 1. The standard InChI is InChI=1S/C32H33NO5/c1-36-31-26(16-15-24-7-5-6-10-29(24)31)22-38-30-21-33(32(34)35)19-17-28(30)25-13-11-23(12-14-25)18-20-37-27-8-3-2-4-9-27/h2-16,28,30H,17-22H2,1H3,(H,34,35). The van der Waals surface area contributed by atoms with E-state index in [1.807, 2.05) is 54.6 Å². The molecule has 6 heteroatoms. The number of benzene rings is 4. The van der Waals surface area contributed by atoms with E-state index in [1.165, 1.54) is 16.0 Å². The third kappa shape index (κ3) is 5.92. The van der Waals surface area contributed by atoms with Crippen molar-refractivity contribution in [3.63, 3.8) is 0 Å². The molecule has 1 heterocycles. The zero-order chi connectivity index (χ0) is 26.3. The quantitative estimate of drug-likeness (QED) is 0.277. The molecule has 1 aliphatic rings. The lowest BCUT2D eigenvalue weighted by molar-refractivity contribution is -0.0204. The molecule has 1 N–H and O–H groups in total. The van der Waals surface area contributed by atoms with Gasteiger partial charge in [0, 0.05) is 29.8 Å². The summed E-state index contributed by atoms with van der Waals surface area (Å²) in [6, 6.07) is 30.6. The molecule has 6 nitrogen and oxygen atoms in total. The first-order valence-electron chi connectivity index (χ1n) is 13.0. The second-order valence-electron chi connectivity index (χ2n) is 9.61. The van der Waals surface area contributed by atoms with Crippen molar-refractivity contribution in [2.75, 3.05) is 26.8 Å². The van der Waals surface area contributed by atoms with Crippen molar-refractivity contribution in [1.29, 1.82) is 0 Å². The number of carboxylic acid groups (broad SMARTS) is 1. The third-order valence-electron chi connectivity index (χ3n) is 7.26. The molecule has 196 valence electrons. The topological polar surface area (TPSA) is 68.2 Å². The highest BCUT2D eigenvalue weighted by Gasteiger charge is 2.33. The zero-order valence-corrected chi connectivity index (χ0v) is 21.6. The maximum atomic E-state index is 11.8. The number of likely N-dealkylation sites (tertiary alicyclic amines) is 1. The molecule has 0 saturated carbocycles. The Labute approximate surface area is 223 Å². The van der Waals surface area contributed by atoms with Crippen molar-refractivity contribution < 1.29 is 24.1 Å². The highest BCUT2D eigenvalue weighted by Crippen LogP contribution is 2.34. The normalized spacial score (nSPS) is 17.3. The van der Waals surface area contributed by atoms with E-state index in [0.29, 0.717) is 32.7 Å². The maximum Gasteiger partial charge on any atom is 0.407 e. The first-order chi connectivity index (χ1) is 18.6. The maximum absolute atomic E-state index is 11.8. The molecule has 1 aliphatic heterocycles. The Bertz CT molecular complexity index is 1360. The fourth-order valence-electron chi connectivity index (χ4n) is 5.22. The molecule has 0 spiro atoms. The Morgan fingerprint density at radius 2 is 1.71 bits per heavy atom.